The van der Waals surface area contributed by atoms with Gasteiger partial charge < -0.3 is 15.2 Å². The van der Waals surface area contributed by atoms with Crippen molar-refractivity contribution >= 4 is 40.1 Å². The zero-order valence-corrected chi connectivity index (χ0v) is 12.9. The molecule has 20 heavy (non-hydrogen) atoms. The summed E-state index contributed by atoms with van der Waals surface area (Å²) in [6.45, 7) is 0. The van der Waals surface area contributed by atoms with Gasteiger partial charge in [0.1, 0.15) is 17.9 Å². The third kappa shape index (κ3) is 3.89. The van der Waals surface area contributed by atoms with Crippen molar-refractivity contribution in [3.05, 3.63) is 28.2 Å². The number of ether oxygens (including phenoxy) is 1. The average Bonchev–Trinajstić information content (AvgIpc) is 2.79. The highest BCUT2D eigenvalue weighted by Gasteiger charge is 2.24. The van der Waals surface area contributed by atoms with Crippen LogP contribution in [0.1, 0.15) is 5.56 Å². The van der Waals surface area contributed by atoms with Gasteiger partial charge in [0.2, 0.25) is 6.41 Å². The zero-order valence-electron chi connectivity index (χ0n) is 10.5. The van der Waals surface area contributed by atoms with Crippen LogP contribution in [0, 0.1) is 0 Å². The normalized spacial score (nSPS) is 17.9. The van der Waals surface area contributed by atoms with E-state index < -0.39 is 12.0 Å². The molecule has 2 rings (SSSR count). The number of carbonyl (C=O) groups is 2. The third-order valence-electron chi connectivity index (χ3n) is 2.92. The number of halogens is 1. The van der Waals surface area contributed by atoms with Gasteiger partial charge in [0.25, 0.3) is 0 Å². The van der Waals surface area contributed by atoms with Crippen LogP contribution < -0.4 is 10.1 Å². The molecule has 2 N–H and O–H groups in total. The molecule has 5 nitrogen and oxygen atoms in total. The van der Waals surface area contributed by atoms with Gasteiger partial charge in [0.05, 0.1) is 0 Å². The predicted octanol–water partition coefficient (Wildman–Crippen LogP) is 1.68. The number of carboxylic acid groups (broad SMARTS) is 1. The van der Waals surface area contributed by atoms with Crippen LogP contribution in [0.3, 0.4) is 0 Å². The van der Waals surface area contributed by atoms with E-state index in [2.05, 4.69) is 21.2 Å². The second kappa shape index (κ2) is 6.99. The van der Waals surface area contributed by atoms with E-state index in [-0.39, 0.29) is 6.10 Å². The molecule has 7 heteroatoms. The number of amides is 1. The largest absolute Gasteiger partial charge is 0.489 e. The Hall–Kier alpha value is -1.21. The number of hydrogen-bond donors (Lipinski definition) is 2. The van der Waals surface area contributed by atoms with E-state index in [1.807, 2.05) is 18.2 Å². The van der Waals surface area contributed by atoms with Gasteiger partial charge in [-0.25, -0.2) is 4.79 Å². The lowest BCUT2D eigenvalue weighted by Gasteiger charge is -2.13. The number of aliphatic carboxylic acids is 1. The maximum absolute atomic E-state index is 10.9. The Bertz CT molecular complexity index is 511. The summed E-state index contributed by atoms with van der Waals surface area (Å²) in [4.78, 5) is 21.2. The lowest BCUT2D eigenvalue weighted by Crippen LogP contribution is -2.38. The van der Waals surface area contributed by atoms with Crippen molar-refractivity contribution < 1.29 is 19.4 Å². The number of thioether (sulfide) groups is 1. The van der Waals surface area contributed by atoms with E-state index in [0.717, 1.165) is 22.2 Å². The summed E-state index contributed by atoms with van der Waals surface area (Å²) in [5, 5.41) is 11.2. The predicted molar refractivity (Wildman–Crippen MR) is 80.2 cm³/mol. The van der Waals surface area contributed by atoms with Crippen LogP contribution in [0.4, 0.5) is 0 Å². The van der Waals surface area contributed by atoms with Crippen molar-refractivity contribution in [3.8, 4) is 5.75 Å². The summed E-state index contributed by atoms with van der Waals surface area (Å²) in [6, 6.07) is 5.05. The molecule has 0 bridgehead atoms. The van der Waals surface area contributed by atoms with E-state index in [0.29, 0.717) is 17.9 Å². The molecule has 1 aliphatic heterocycles. The summed E-state index contributed by atoms with van der Waals surface area (Å²) in [5.41, 5.74) is 1.16. The molecule has 0 radical (unpaired) electrons. The van der Waals surface area contributed by atoms with Gasteiger partial charge in [-0.3, -0.25) is 4.79 Å². The summed E-state index contributed by atoms with van der Waals surface area (Å²) >= 11 is 4.89. The fraction of sp³-hybridized carbons (Fsp3) is 0.385. The highest BCUT2D eigenvalue weighted by Crippen LogP contribution is 2.32. The Morgan fingerprint density at radius 2 is 2.45 bits per heavy atom. The Labute approximate surface area is 129 Å². The first-order valence-corrected chi connectivity index (χ1v) is 8.00. The minimum Gasteiger partial charge on any atom is -0.489 e. The number of hydrogen-bond acceptors (Lipinski definition) is 4. The van der Waals surface area contributed by atoms with Gasteiger partial charge in [-0.1, -0.05) is 15.9 Å². The number of rotatable bonds is 7. The standard InChI is InChI=1S/C13H14BrNO4S/c14-9-1-2-12-8(3-9)4-10(19-12)5-20-6-11(13(17)18)15-7-16/h1-3,7,10-11H,4-6H2,(H,15,16)(H,17,18). The summed E-state index contributed by atoms with van der Waals surface area (Å²) < 4.78 is 6.81. The maximum atomic E-state index is 10.9. The average molecular weight is 360 g/mol. The van der Waals surface area contributed by atoms with Crippen molar-refractivity contribution in [2.24, 2.45) is 0 Å². The highest BCUT2D eigenvalue weighted by molar-refractivity contribution is 9.10. The fourth-order valence-electron chi connectivity index (χ4n) is 1.97. The van der Waals surface area contributed by atoms with Crippen LogP contribution in [-0.4, -0.2) is 41.1 Å². The van der Waals surface area contributed by atoms with Gasteiger partial charge in [-0.2, -0.15) is 11.8 Å². The van der Waals surface area contributed by atoms with Crippen molar-refractivity contribution in [2.45, 2.75) is 18.6 Å². The fourth-order valence-corrected chi connectivity index (χ4v) is 3.44. The van der Waals surface area contributed by atoms with Gasteiger partial charge in [0.15, 0.2) is 0 Å². The summed E-state index contributed by atoms with van der Waals surface area (Å²) in [7, 11) is 0. The second-order valence-corrected chi connectivity index (χ2v) is 6.40. The number of carbonyl (C=O) groups excluding carboxylic acids is 1. The minimum atomic E-state index is -1.02. The Morgan fingerprint density at radius 3 is 3.15 bits per heavy atom. The van der Waals surface area contributed by atoms with Crippen LogP contribution >= 0.6 is 27.7 Å². The molecule has 0 spiro atoms. The van der Waals surface area contributed by atoms with Crippen LogP contribution in [0.15, 0.2) is 22.7 Å². The van der Waals surface area contributed by atoms with E-state index in [1.54, 1.807) is 0 Å². The highest BCUT2D eigenvalue weighted by atomic mass is 79.9. The lowest BCUT2D eigenvalue weighted by atomic mass is 10.1. The number of benzene rings is 1. The monoisotopic (exact) mass is 359 g/mol. The minimum absolute atomic E-state index is 0.0509. The molecular weight excluding hydrogens is 346 g/mol. The van der Waals surface area contributed by atoms with Crippen LogP contribution in [0.5, 0.6) is 5.75 Å². The van der Waals surface area contributed by atoms with E-state index in [9.17, 15) is 9.59 Å². The SMILES string of the molecule is O=CNC(CSCC1Cc2cc(Br)ccc2O1)C(=O)O. The lowest BCUT2D eigenvalue weighted by molar-refractivity contribution is -0.139. The van der Waals surface area contributed by atoms with Gasteiger partial charge in [-0.15, -0.1) is 0 Å². The Morgan fingerprint density at radius 1 is 1.65 bits per heavy atom. The molecule has 2 unspecified atom stereocenters. The number of carboxylic acids is 1. The molecular formula is C13H14BrNO4S. The molecule has 1 heterocycles. The second-order valence-electron chi connectivity index (χ2n) is 4.41. The molecule has 108 valence electrons. The van der Waals surface area contributed by atoms with Crippen molar-refractivity contribution in [1.29, 1.82) is 0 Å². The van der Waals surface area contributed by atoms with Crippen LogP contribution in [-0.2, 0) is 16.0 Å². The van der Waals surface area contributed by atoms with Gasteiger partial charge in [0, 0.05) is 22.4 Å². The molecule has 1 aliphatic rings. The Kier molecular flexibility index (Phi) is 5.31. The molecule has 0 saturated carbocycles. The Balaban J connectivity index is 1.79. The first kappa shape index (κ1) is 15.2. The molecule has 1 amide bonds. The van der Waals surface area contributed by atoms with Crippen LogP contribution in [0.2, 0.25) is 0 Å². The smallest absolute Gasteiger partial charge is 0.327 e. The number of nitrogens with one attached hydrogen (secondary N) is 1. The zero-order chi connectivity index (χ0) is 14.5. The van der Waals surface area contributed by atoms with Crippen molar-refractivity contribution in [2.75, 3.05) is 11.5 Å². The molecule has 1 aromatic rings. The number of fused-ring (bicyclic) bond motifs is 1. The van der Waals surface area contributed by atoms with Crippen LogP contribution in [0.25, 0.3) is 0 Å². The third-order valence-corrected chi connectivity index (χ3v) is 4.59. The van der Waals surface area contributed by atoms with Crippen molar-refractivity contribution in [3.63, 3.8) is 0 Å². The summed E-state index contributed by atoms with van der Waals surface area (Å²) in [6.07, 6.45) is 1.29. The summed E-state index contributed by atoms with van der Waals surface area (Å²) in [5.74, 6) is 0.883. The van der Waals surface area contributed by atoms with E-state index in [4.69, 9.17) is 9.84 Å². The first-order chi connectivity index (χ1) is 9.60. The molecule has 0 fully saturated rings. The molecule has 0 aliphatic carbocycles. The first-order valence-electron chi connectivity index (χ1n) is 6.05. The van der Waals surface area contributed by atoms with Crippen molar-refractivity contribution in [1.82, 2.24) is 5.32 Å². The topological polar surface area (TPSA) is 75.6 Å². The van der Waals surface area contributed by atoms with E-state index >= 15 is 0 Å². The van der Waals surface area contributed by atoms with Gasteiger partial charge >= 0.3 is 5.97 Å². The molecule has 2 atom stereocenters. The maximum Gasteiger partial charge on any atom is 0.327 e. The quantitative estimate of drug-likeness (QED) is 0.724. The molecule has 0 aromatic heterocycles. The van der Waals surface area contributed by atoms with Gasteiger partial charge in [-0.05, 0) is 23.8 Å². The molecule has 1 aromatic carbocycles. The van der Waals surface area contributed by atoms with E-state index in [1.165, 1.54) is 11.8 Å². The molecule has 0 saturated heterocycles.